The molecule has 0 aromatic heterocycles. The third-order valence-electron chi connectivity index (χ3n) is 3.60. The van der Waals surface area contributed by atoms with E-state index in [1.165, 1.54) is 0 Å². The van der Waals surface area contributed by atoms with Crippen LogP contribution in [0.5, 0.6) is 5.75 Å². The third-order valence-corrected chi connectivity index (χ3v) is 3.84. The van der Waals surface area contributed by atoms with Gasteiger partial charge >= 0.3 is 5.97 Å². The number of carbonyl (C=O) groups is 1. The van der Waals surface area contributed by atoms with Gasteiger partial charge in [-0.1, -0.05) is 42.5 Å². The van der Waals surface area contributed by atoms with E-state index in [2.05, 4.69) is 10.6 Å². The Morgan fingerprint density at radius 2 is 1.83 bits per heavy atom. The van der Waals surface area contributed by atoms with E-state index in [-0.39, 0.29) is 16.9 Å². The highest BCUT2D eigenvalue weighted by molar-refractivity contribution is 7.80. The van der Waals surface area contributed by atoms with Gasteiger partial charge in [-0.15, -0.1) is 0 Å². The van der Waals surface area contributed by atoms with Crippen LogP contribution in [0.15, 0.2) is 54.6 Å². The number of phenolic OH excluding ortho intramolecular Hbond substituents is 1. The average Bonchev–Trinajstić information content (AvgIpc) is 2.55. The molecular formula is C18H20N2O3S. The summed E-state index contributed by atoms with van der Waals surface area (Å²) in [7, 11) is 0. The summed E-state index contributed by atoms with van der Waals surface area (Å²) < 4.78 is 0. The van der Waals surface area contributed by atoms with Crippen LogP contribution in [-0.2, 0) is 11.2 Å². The molecule has 6 heteroatoms. The molecule has 126 valence electrons. The predicted octanol–water partition coefficient (Wildman–Crippen LogP) is 2.61. The number of hydrogen-bond donors (Lipinski definition) is 4. The van der Waals surface area contributed by atoms with Crippen molar-refractivity contribution in [3.63, 3.8) is 0 Å². The summed E-state index contributed by atoms with van der Waals surface area (Å²) in [6, 6.07) is 15.2. The van der Waals surface area contributed by atoms with Crippen molar-refractivity contribution in [3.05, 3.63) is 65.7 Å². The monoisotopic (exact) mass is 344 g/mol. The van der Waals surface area contributed by atoms with Gasteiger partial charge in [0.15, 0.2) is 5.11 Å². The molecule has 0 saturated heterocycles. The lowest BCUT2D eigenvalue weighted by Gasteiger charge is -2.21. The van der Waals surface area contributed by atoms with Crippen molar-refractivity contribution in [3.8, 4) is 5.75 Å². The van der Waals surface area contributed by atoms with E-state index in [0.717, 1.165) is 11.1 Å². The fraction of sp³-hybridized carbons (Fsp3) is 0.222. The fourth-order valence-electron chi connectivity index (χ4n) is 2.32. The minimum Gasteiger partial charge on any atom is -0.508 e. The van der Waals surface area contributed by atoms with Gasteiger partial charge in [0, 0.05) is 6.42 Å². The summed E-state index contributed by atoms with van der Waals surface area (Å²) in [5.74, 6) is -0.791. The zero-order valence-corrected chi connectivity index (χ0v) is 14.1. The van der Waals surface area contributed by atoms with Gasteiger partial charge in [0.2, 0.25) is 0 Å². The van der Waals surface area contributed by atoms with E-state index in [4.69, 9.17) is 12.2 Å². The highest BCUT2D eigenvalue weighted by atomic mass is 32.1. The van der Waals surface area contributed by atoms with Crippen LogP contribution in [0, 0.1) is 0 Å². The van der Waals surface area contributed by atoms with Crippen LogP contribution >= 0.6 is 12.2 Å². The molecule has 0 aliphatic carbocycles. The number of hydrogen-bond acceptors (Lipinski definition) is 3. The molecule has 0 saturated carbocycles. The maximum Gasteiger partial charge on any atom is 0.326 e. The first-order chi connectivity index (χ1) is 11.5. The first kappa shape index (κ1) is 17.7. The van der Waals surface area contributed by atoms with Gasteiger partial charge in [-0.3, -0.25) is 0 Å². The van der Waals surface area contributed by atoms with Gasteiger partial charge in [0.25, 0.3) is 0 Å². The van der Waals surface area contributed by atoms with Crippen molar-refractivity contribution in [2.24, 2.45) is 0 Å². The number of rotatable bonds is 6. The number of aromatic hydroxyl groups is 1. The Kier molecular flexibility index (Phi) is 6.14. The first-order valence-electron chi connectivity index (χ1n) is 7.58. The van der Waals surface area contributed by atoms with Crippen molar-refractivity contribution in [2.75, 3.05) is 0 Å². The zero-order valence-electron chi connectivity index (χ0n) is 13.3. The Balaban J connectivity index is 1.96. The van der Waals surface area contributed by atoms with Gasteiger partial charge in [-0.2, -0.15) is 0 Å². The van der Waals surface area contributed by atoms with E-state index in [1.54, 1.807) is 18.2 Å². The van der Waals surface area contributed by atoms with Crippen molar-refractivity contribution in [1.82, 2.24) is 10.6 Å². The number of benzene rings is 2. The predicted molar refractivity (Wildman–Crippen MR) is 97.0 cm³/mol. The molecule has 0 heterocycles. The van der Waals surface area contributed by atoms with E-state index < -0.39 is 12.0 Å². The topological polar surface area (TPSA) is 81.6 Å². The smallest absolute Gasteiger partial charge is 0.326 e. The van der Waals surface area contributed by atoms with Crippen LogP contribution < -0.4 is 10.6 Å². The highest BCUT2D eigenvalue weighted by Gasteiger charge is 2.19. The Hall–Kier alpha value is -2.60. The summed E-state index contributed by atoms with van der Waals surface area (Å²) in [6.07, 6.45) is 0.332. The molecule has 2 rings (SSSR count). The van der Waals surface area contributed by atoms with Crippen LogP contribution in [0.3, 0.4) is 0 Å². The van der Waals surface area contributed by atoms with E-state index in [0.29, 0.717) is 6.42 Å². The number of thiocarbonyl (C=S) groups is 1. The molecule has 0 fully saturated rings. The van der Waals surface area contributed by atoms with Crippen LogP contribution in [0.1, 0.15) is 24.1 Å². The van der Waals surface area contributed by atoms with E-state index in [9.17, 15) is 15.0 Å². The molecule has 0 spiro atoms. The molecule has 24 heavy (non-hydrogen) atoms. The van der Waals surface area contributed by atoms with E-state index in [1.807, 2.05) is 43.3 Å². The lowest BCUT2D eigenvalue weighted by molar-refractivity contribution is -0.139. The molecule has 0 radical (unpaired) electrons. The summed E-state index contributed by atoms with van der Waals surface area (Å²) in [5, 5.41) is 25.0. The second-order valence-corrected chi connectivity index (χ2v) is 5.92. The van der Waals surface area contributed by atoms with Gasteiger partial charge in [-0.25, -0.2) is 4.79 Å². The molecule has 0 aliphatic heterocycles. The molecule has 0 amide bonds. The van der Waals surface area contributed by atoms with Crippen molar-refractivity contribution < 1.29 is 15.0 Å². The maximum atomic E-state index is 11.5. The van der Waals surface area contributed by atoms with Gasteiger partial charge < -0.3 is 20.8 Å². The van der Waals surface area contributed by atoms with Crippen LogP contribution in [0.2, 0.25) is 0 Å². The van der Waals surface area contributed by atoms with E-state index >= 15 is 0 Å². The highest BCUT2D eigenvalue weighted by Crippen LogP contribution is 2.17. The van der Waals surface area contributed by atoms with Crippen LogP contribution in [0.4, 0.5) is 0 Å². The molecule has 2 aromatic carbocycles. The molecule has 2 atom stereocenters. The SMILES string of the molecule is C[C@@H](NC(=S)NC(Cc1ccccc1)C(=O)O)c1cccc(O)c1. The zero-order chi connectivity index (χ0) is 17.5. The molecule has 2 aromatic rings. The lowest BCUT2D eigenvalue weighted by Crippen LogP contribution is -2.47. The Morgan fingerprint density at radius 3 is 2.46 bits per heavy atom. The second kappa shape index (κ2) is 8.31. The van der Waals surface area contributed by atoms with Crippen LogP contribution in [0.25, 0.3) is 0 Å². The van der Waals surface area contributed by atoms with Gasteiger partial charge in [0.05, 0.1) is 6.04 Å². The average molecular weight is 344 g/mol. The first-order valence-corrected chi connectivity index (χ1v) is 7.99. The molecule has 5 nitrogen and oxygen atoms in total. The summed E-state index contributed by atoms with van der Waals surface area (Å²) in [6.45, 7) is 1.88. The number of carboxylic acid groups (broad SMARTS) is 1. The number of nitrogens with one attached hydrogen (secondary N) is 2. The normalized spacial score (nSPS) is 12.9. The lowest BCUT2D eigenvalue weighted by atomic mass is 10.1. The molecule has 0 bridgehead atoms. The third kappa shape index (κ3) is 5.24. The molecular weight excluding hydrogens is 324 g/mol. The number of aliphatic carboxylic acids is 1. The molecule has 0 aliphatic rings. The standard InChI is InChI=1S/C18H20N2O3S/c1-12(14-8-5-9-15(21)11-14)19-18(24)20-16(17(22)23)10-13-6-3-2-4-7-13/h2-9,11-12,16,21H,10H2,1H3,(H,22,23)(H2,19,20,24)/t12-,16?/m1/s1. The minimum absolute atomic E-state index is 0.164. The van der Waals surface area contributed by atoms with Gasteiger partial charge in [0.1, 0.15) is 11.8 Å². The van der Waals surface area contributed by atoms with Crippen molar-refractivity contribution in [2.45, 2.75) is 25.4 Å². The van der Waals surface area contributed by atoms with Gasteiger partial charge in [-0.05, 0) is 42.4 Å². The maximum absolute atomic E-state index is 11.5. The quantitative estimate of drug-likeness (QED) is 0.603. The largest absolute Gasteiger partial charge is 0.508 e. The minimum atomic E-state index is -0.965. The summed E-state index contributed by atoms with van der Waals surface area (Å²) in [5.41, 5.74) is 1.77. The Labute approximate surface area is 146 Å². The number of carboxylic acids is 1. The second-order valence-electron chi connectivity index (χ2n) is 5.52. The Morgan fingerprint density at radius 1 is 1.12 bits per heavy atom. The fourth-order valence-corrected chi connectivity index (χ4v) is 2.64. The Bertz CT molecular complexity index is 706. The van der Waals surface area contributed by atoms with Crippen molar-refractivity contribution in [1.29, 1.82) is 0 Å². The van der Waals surface area contributed by atoms with Crippen LogP contribution in [-0.4, -0.2) is 27.3 Å². The molecule has 4 N–H and O–H groups in total. The van der Waals surface area contributed by atoms with Crippen molar-refractivity contribution >= 4 is 23.3 Å². The summed E-state index contributed by atoms with van der Waals surface area (Å²) >= 11 is 5.23. The number of phenols is 1. The summed E-state index contributed by atoms with van der Waals surface area (Å²) in [4.78, 5) is 11.5. The molecule has 1 unspecified atom stereocenters.